The number of amides is 1. The Morgan fingerprint density at radius 3 is 2.50 bits per heavy atom. The lowest BCUT2D eigenvalue weighted by molar-refractivity contribution is 0.0940. The fourth-order valence-corrected chi connectivity index (χ4v) is 2.38. The van der Waals surface area contributed by atoms with Crippen LogP contribution in [-0.2, 0) is 6.54 Å². The quantitative estimate of drug-likeness (QED) is 0.764. The normalized spacial score (nSPS) is 10.4. The highest BCUT2D eigenvalue weighted by atomic mass is 19.1. The molecule has 0 fully saturated rings. The molecule has 3 aromatic rings. The van der Waals surface area contributed by atoms with Gasteiger partial charge in [0.2, 0.25) is 0 Å². The molecule has 6 nitrogen and oxygen atoms in total. The minimum atomic E-state index is -0.504. The molecule has 0 spiro atoms. The average molecular weight is 353 g/mol. The van der Waals surface area contributed by atoms with Gasteiger partial charge in [-0.1, -0.05) is 30.3 Å². The third kappa shape index (κ3) is 3.77. The lowest BCUT2D eigenvalue weighted by atomic mass is 10.2. The van der Waals surface area contributed by atoms with Crippen LogP contribution in [0.5, 0.6) is 5.75 Å². The number of hydrogen-bond donors (Lipinski definition) is 1. The van der Waals surface area contributed by atoms with Gasteiger partial charge in [0, 0.05) is 6.54 Å². The first-order valence-electron chi connectivity index (χ1n) is 7.85. The van der Waals surface area contributed by atoms with Crippen molar-refractivity contribution in [2.24, 2.45) is 0 Å². The summed E-state index contributed by atoms with van der Waals surface area (Å²) in [7, 11) is 1.36. The minimum Gasteiger partial charge on any atom is -0.494 e. The molecule has 0 radical (unpaired) electrons. The van der Waals surface area contributed by atoms with Crippen LogP contribution >= 0.6 is 0 Å². The number of para-hydroxylation sites is 1. The lowest BCUT2D eigenvalue weighted by Gasteiger charge is -2.11. The van der Waals surface area contributed by atoms with E-state index in [4.69, 9.17) is 4.74 Å². The molecule has 132 valence electrons. The van der Waals surface area contributed by atoms with Crippen molar-refractivity contribution in [2.75, 3.05) is 7.11 Å². The fourth-order valence-electron chi connectivity index (χ4n) is 2.38. The third-order valence-corrected chi connectivity index (χ3v) is 3.70. The number of aromatic nitrogens is 2. The zero-order chi connectivity index (χ0) is 18.5. The maximum atomic E-state index is 12.9. The van der Waals surface area contributed by atoms with Crippen LogP contribution in [-0.4, -0.2) is 22.8 Å². The smallest absolute Gasteiger partial charge is 0.275 e. The zero-order valence-corrected chi connectivity index (χ0v) is 14.0. The van der Waals surface area contributed by atoms with E-state index < -0.39 is 11.5 Å². The van der Waals surface area contributed by atoms with Gasteiger partial charge >= 0.3 is 0 Å². The molecular formula is C19H16FN3O3. The molecule has 3 rings (SSSR count). The number of carbonyl (C=O) groups is 1. The Morgan fingerprint density at radius 2 is 1.85 bits per heavy atom. The van der Waals surface area contributed by atoms with Gasteiger partial charge in [-0.15, -0.1) is 0 Å². The highest BCUT2D eigenvalue weighted by Crippen LogP contribution is 2.14. The number of carbonyl (C=O) groups excluding carboxylic acids is 1. The predicted molar refractivity (Wildman–Crippen MR) is 94.0 cm³/mol. The maximum absolute atomic E-state index is 12.9. The van der Waals surface area contributed by atoms with E-state index in [-0.39, 0.29) is 23.8 Å². The van der Waals surface area contributed by atoms with Gasteiger partial charge in [-0.05, 0) is 29.8 Å². The Bertz CT molecular complexity index is 970. The van der Waals surface area contributed by atoms with Crippen molar-refractivity contribution in [3.8, 4) is 11.4 Å². The van der Waals surface area contributed by atoms with Gasteiger partial charge in [-0.25, -0.2) is 4.39 Å². The second-order valence-electron chi connectivity index (χ2n) is 5.46. The summed E-state index contributed by atoms with van der Waals surface area (Å²) in [6.45, 7) is 0.189. The third-order valence-electron chi connectivity index (χ3n) is 3.70. The molecule has 2 aromatic carbocycles. The highest BCUT2D eigenvalue weighted by molar-refractivity contribution is 5.94. The second-order valence-corrected chi connectivity index (χ2v) is 5.46. The largest absolute Gasteiger partial charge is 0.494 e. The van der Waals surface area contributed by atoms with E-state index in [2.05, 4.69) is 10.4 Å². The summed E-state index contributed by atoms with van der Waals surface area (Å²) in [5, 5.41) is 6.84. The summed E-state index contributed by atoms with van der Waals surface area (Å²) >= 11 is 0. The van der Waals surface area contributed by atoms with Crippen LogP contribution in [0.4, 0.5) is 4.39 Å². The molecule has 1 heterocycles. The van der Waals surface area contributed by atoms with Crippen molar-refractivity contribution in [3.05, 3.63) is 88.1 Å². The van der Waals surface area contributed by atoms with Crippen molar-refractivity contribution in [2.45, 2.75) is 6.54 Å². The van der Waals surface area contributed by atoms with Gasteiger partial charge in [0.15, 0.2) is 11.4 Å². The molecule has 0 bridgehead atoms. The number of methoxy groups -OCH3 is 1. The fraction of sp³-hybridized carbons (Fsp3) is 0.105. The van der Waals surface area contributed by atoms with Crippen LogP contribution in [0.3, 0.4) is 0 Å². The van der Waals surface area contributed by atoms with Crippen LogP contribution in [0.15, 0.2) is 65.5 Å². The van der Waals surface area contributed by atoms with Crippen molar-refractivity contribution in [1.29, 1.82) is 0 Å². The van der Waals surface area contributed by atoms with Crippen molar-refractivity contribution in [3.63, 3.8) is 0 Å². The summed E-state index contributed by atoms with van der Waals surface area (Å²) in [4.78, 5) is 24.8. The van der Waals surface area contributed by atoms with Crippen LogP contribution in [0.2, 0.25) is 0 Å². The molecule has 0 atom stereocenters. The predicted octanol–water partition coefficient (Wildman–Crippen LogP) is 2.31. The lowest BCUT2D eigenvalue weighted by Crippen LogP contribution is -2.29. The number of ether oxygens (including phenoxy) is 1. The van der Waals surface area contributed by atoms with Gasteiger partial charge < -0.3 is 10.1 Å². The Labute approximate surface area is 148 Å². The summed E-state index contributed by atoms with van der Waals surface area (Å²) < 4.78 is 19.2. The number of benzene rings is 2. The first kappa shape index (κ1) is 17.3. The molecule has 0 aliphatic rings. The van der Waals surface area contributed by atoms with E-state index in [1.807, 2.05) is 6.07 Å². The summed E-state index contributed by atoms with van der Waals surface area (Å²) in [6, 6.07) is 15.8. The molecule has 1 N–H and O–H groups in total. The van der Waals surface area contributed by atoms with Gasteiger partial charge in [0.25, 0.3) is 11.5 Å². The standard InChI is InChI=1S/C19H16FN3O3/c1-26-16-11-17(24)23(15-5-3-2-4-6-15)22-18(16)19(25)21-12-13-7-9-14(20)10-8-13/h2-11H,12H2,1H3,(H,21,25). The van der Waals surface area contributed by atoms with Gasteiger partial charge in [-0.2, -0.15) is 9.78 Å². The summed E-state index contributed by atoms with van der Waals surface area (Å²) in [5.41, 5.74) is 0.837. The molecule has 0 saturated heterocycles. The molecule has 0 aliphatic heterocycles. The SMILES string of the molecule is COc1cc(=O)n(-c2ccccc2)nc1C(=O)NCc1ccc(F)cc1. The molecular weight excluding hydrogens is 337 g/mol. The Kier molecular flexibility index (Phi) is 5.07. The van der Waals surface area contributed by atoms with Gasteiger partial charge in [0.05, 0.1) is 18.9 Å². The van der Waals surface area contributed by atoms with Crippen LogP contribution < -0.4 is 15.6 Å². The number of nitrogens with zero attached hydrogens (tertiary/aromatic N) is 2. The number of hydrogen-bond acceptors (Lipinski definition) is 4. The summed E-state index contributed by atoms with van der Waals surface area (Å²) in [5.74, 6) is -0.770. The van der Waals surface area contributed by atoms with Crippen molar-refractivity contribution in [1.82, 2.24) is 15.1 Å². The van der Waals surface area contributed by atoms with Gasteiger partial charge in [-0.3, -0.25) is 9.59 Å². The van der Waals surface area contributed by atoms with E-state index in [1.165, 1.54) is 25.3 Å². The monoisotopic (exact) mass is 353 g/mol. The maximum Gasteiger partial charge on any atom is 0.275 e. The van der Waals surface area contributed by atoms with Crippen LogP contribution in [0.25, 0.3) is 5.69 Å². The first-order valence-corrected chi connectivity index (χ1v) is 7.85. The average Bonchev–Trinajstić information content (AvgIpc) is 2.67. The van der Waals surface area contributed by atoms with E-state index in [0.29, 0.717) is 5.69 Å². The minimum absolute atomic E-state index is 0.0157. The number of rotatable bonds is 5. The zero-order valence-electron chi connectivity index (χ0n) is 14.0. The van der Waals surface area contributed by atoms with E-state index >= 15 is 0 Å². The second kappa shape index (κ2) is 7.60. The molecule has 0 saturated carbocycles. The van der Waals surface area contributed by atoms with Crippen molar-refractivity contribution < 1.29 is 13.9 Å². The van der Waals surface area contributed by atoms with E-state index in [9.17, 15) is 14.0 Å². The molecule has 0 aliphatic carbocycles. The van der Waals surface area contributed by atoms with Crippen molar-refractivity contribution >= 4 is 5.91 Å². The molecule has 7 heteroatoms. The van der Waals surface area contributed by atoms with E-state index in [0.717, 1.165) is 10.2 Å². The Morgan fingerprint density at radius 1 is 1.15 bits per heavy atom. The molecule has 1 amide bonds. The highest BCUT2D eigenvalue weighted by Gasteiger charge is 2.17. The first-order chi connectivity index (χ1) is 12.6. The van der Waals surface area contributed by atoms with Gasteiger partial charge in [0.1, 0.15) is 5.82 Å². The Hall–Kier alpha value is -3.48. The molecule has 0 unspecified atom stereocenters. The molecule has 1 aromatic heterocycles. The number of halogens is 1. The molecule has 26 heavy (non-hydrogen) atoms. The Balaban J connectivity index is 1.88. The van der Waals surface area contributed by atoms with Crippen LogP contribution in [0, 0.1) is 5.82 Å². The topological polar surface area (TPSA) is 73.2 Å². The van der Waals surface area contributed by atoms with E-state index in [1.54, 1.807) is 36.4 Å². The number of nitrogens with one attached hydrogen (secondary N) is 1. The summed E-state index contributed by atoms with van der Waals surface area (Å²) in [6.07, 6.45) is 0. The van der Waals surface area contributed by atoms with Crippen LogP contribution in [0.1, 0.15) is 16.1 Å².